The van der Waals surface area contributed by atoms with Gasteiger partial charge in [-0.15, -0.1) is 0 Å². The summed E-state index contributed by atoms with van der Waals surface area (Å²) in [6.45, 7) is 6.51. The van der Waals surface area contributed by atoms with Gasteiger partial charge < -0.3 is 15.4 Å². The van der Waals surface area contributed by atoms with Crippen LogP contribution in [0.1, 0.15) is 36.8 Å². The molecule has 2 N–H and O–H groups in total. The van der Waals surface area contributed by atoms with E-state index in [9.17, 15) is 9.59 Å². The third-order valence-corrected chi connectivity index (χ3v) is 4.10. The molecular weight excluding hydrogens is 344 g/mol. The lowest BCUT2D eigenvalue weighted by Crippen LogP contribution is -2.48. The maximum Gasteiger partial charge on any atom is 0.322 e. The molecule has 0 atom stereocenters. The van der Waals surface area contributed by atoms with Gasteiger partial charge >= 0.3 is 6.03 Å². The Labute approximate surface area is 158 Å². The summed E-state index contributed by atoms with van der Waals surface area (Å²) >= 11 is 0. The minimum Gasteiger partial charge on any atom is -0.457 e. The molecular formula is C20H24N4O3. The van der Waals surface area contributed by atoms with Gasteiger partial charge in [-0.3, -0.25) is 14.7 Å². The van der Waals surface area contributed by atoms with Crippen molar-refractivity contribution >= 4 is 17.6 Å². The summed E-state index contributed by atoms with van der Waals surface area (Å²) in [5.41, 5.74) is 1.95. The van der Waals surface area contributed by atoms with Gasteiger partial charge in [0.1, 0.15) is 17.2 Å². The van der Waals surface area contributed by atoms with Crippen molar-refractivity contribution in [2.24, 2.45) is 0 Å². The molecule has 1 aromatic heterocycles. The minimum atomic E-state index is -0.285. The molecule has 0 aliphatic carbocycles. The minimum absolute atomic E-state index is 0.0979. The number of hydrogen-bond donors (Lipinski definition) is 2. The highest BCUT2D eigenvalue weighted by molar-refractivity contribution is 5.94. The topological polar surface area (TPSA) is 83.6 Å². The summed E-state index contributed by atoms with van der Waals surface area (Å²) in [5, 5.41) is 5.53. The number of carbonyl (C=O) groups excluding carboxylic acids is 2. The summed E-state index contributed by atoms with van der Waals surface area (Å²) in [6, 6.07) is 8.83. The fraction of sp³-hybridized carbons (Fsp3) is 0.350. The summed E-state index contributed by atoms with van der Waals surface area (Å²) < 4.78 is 5.88. The van der Waals surface area contributed by atoms with E-state index in [1.54, 1.807) is 24.1 Å². The standard InChI is InChI=1S/C20H24N4O3/c1-20(2,3)23-19(26)24-10-8-13-11-14(5-6-17(13)24)27-15-7-9-22-16(12-15)18(25)21-4/h5-7,9,11-12H,8,10H2,1-4H3,(H,21,25)(H,23,26). The normalized spacial score (nSPS) is 13.1. The molecule has 0 bridgehead atoms. The average molecular weight is 368 g/mol. The lowest BCUT2D eigenvalue weighted by Gasteiger charge is -2.26. The first-order valence-electron chi connectivity index (χ1n) is 8.85. The molecule has 0 radical (unpaired) electrons. The average Bonchev–Trinajstić information content (AvgIpc) is 3.03. The van der Waals surface area contributed by atoms with Crippen LogP contribution in [0.25, 0.3) is 0 Å². The molecule has 0 fully saturated rings. The second-order valence-corrected chi connectivity index (χ2v) is 7.43. The van der Waals surface area contributed by atoms with Crippen LogP contribution in [-0.2, 0) is 6.42 Å². The summed E-state index contributed by atoms with van der Waals surface area (Å²) in [5.74, 6) is 0.916. The molecule has 7 nitrogen and oxygen atoms in total. The number of aromatic nitrogens is 1. The van der Waals surface area contributed by atoms with Crippen LogP contribution in [-0.4, -0.2) is 36.1 Å². The lowest BCUT2D eigenvalue weighted by molar-refractivity contribution is 0.0958. The maximum atomic E-state index is 12.5. The highest BCUT2D eigenvalue weighted by Crippen LogP contribution is 2.33. The molecule has 0 saturated heterocycles. The zero-order valence-electron chi connectivity index (χ0n) is 16.0. The number of fused-ring (bicyclic) bond motifs is 1. The first-order chi connectivity index (χ1) is 12.8. The quantitative estimate of drug-likeness (QED) is 0.872. The van der Waals surface area contributed by atoms with Crippen molar-refractivity contribution in [2.75, 3.05) is 18.5 Å². The molecule has 3 rings (SSSR count). The van der Waals surface area contributed by atoms with Crippen molar-refractivity contribution in [3.8, 4) is 11.5 Å². The lowest BCUT2D eigenvalue weighted by atomic mass is 10.1. The van der Waals surface area contributed by atoms with Gasteiger partial charge in [0.15, 0.2) is 0 Å². The fourth-order valence-corrected chi connectivity index (χ4v) is 2.90. The van der Waals surface area contributed by atoms with Crippen LogP contribution in [0.15, 0.2) is 36.5 Å². The zero-order chi connectivity index (χ0) is 19.6. The van der Waals surface area contributed by atoms with E-state index in [1.807, 2.05) is 39.0 Å². The SMILES string of the molecule is CNC(=O)c1cc(Oc2ccc3c(c2)CCN3C(=O)NC(C)(C)C)ccn1. The van der Waals surface area contributed by atoms with Crippen LogP contribution >= 0.6 is 0 Å². The van der Waals surface area contributed by atoms with E-state index in [4.69, 9.17) is 4.74 Å². The number of carbonyl (C=O) groups is 2. The van der Waals surface area contributed by atoms with E-state index in [0.29, 0.717) is 23.7 Å². The predicted octanol–water partition coefficient (Wildman–Crippen LogP) is 3.10. The van der Waals surface area contributed by atoms with Gasteiger partial charge in [0.05, 0.1) is 0 Å². The summed E-state index contributed by atoms with van der Waals surface area (Å²) in [7, 11) is 1.56. The summed E-state index contributed by atoms with van der Waals surface area (Å²) in [6.07, 6.45) is 2.30. The van der Waals surface area contributed by atoms with Crippen molar-refractivity contribution in [3.63, 3.8) is 0 Å². The van der Waals surface area contributed by atoms with Crippen LogP contribution in [0.2, 0.25) is 0 Å². The Kier molecular flexibility index (Phi) is 5.03. The second kappa shape index (κ2) is 7.26. The molecule has 1 aliphatic rings. The van der Waals surface area contributed by atoms with E-state index >= 15 is 0 Å². The monoisotopic (exact) mass is 368 g/mol. The predicted molar refractivity (Wildman–Crippen MR) is 103 cm³/mol. The summed E-state index contributed by atoms with van der Waals surface area (Å²) in [4.78, 5) is 29.9. The maximum absolute atomic E-state index is 12.5. The van der Waals surface area contributed by atoms with Gasteiger partial charge in [-0.05, 0) is 57.0 Å². The number of amides is 3. The smallest absolute Gasteiger partial charge is 0.322 e. The molecule has 2 heterocycles. The van der Waals surface area contributed by atoms with Gasteiger partial charge in [-0.25, -0.2) is 4.79 Å². The van der Waals surface area contributed by atoms with E-state index in [-0.39, 0.29) is 17.5 Å². The Bertz CT molecular complexity index is 874. The number of pyridine rings is 1. The number of rotatable bonds is 3. The van der Waals surface area contributed by atoms with E-state index in [1.165, 1.54) is 6.20 Å². The van der Waals surface area contributed by atoms with Gasteiger partial charge in [0.25, 0.3) is 5.91 Å². The Hall–Kier alpha value is -3.09. The molecule has 142 valence electrons. The van der Waals surface area contributed by atoms with Gasteiger partial charge in [-0.1, -0.05) is 0 Å². The molecule has 27 heavy (non-hydrogen) atoms. The van der Waals surface area contributed by atoms with Crippen LogP contribution < -0.4 is 20.3 Å². The van der Waals surface area contributed by atoms with E-state index in [2.05, 4.69) is 15.6 Å². The molecule has 1 aliphatic heterocycles. The Morgan fingerprint density at radius 3 is 2.59 bits per heavy atom. The van der Waals surface area contributed by atoms with Gasteiger partial charge in [-0.2, -0.15) is 0 Å². The Morgan fingerprint density at radius 2 is 1.89 bits per heavy atom. The van der Waals surface area contributed by atoms with Crippen molar-refractivity contribution in [2.45, 2.75) is 32.7 Å². The van der Waals surface area contributed by atoms with Gasteiger partial charge in [0.2, 0.25) is 0 Å². The number of ether oxygens (including phenoxy) is 1. The van der Waals surface area contributed by atoms with E-state index < -0.39 is 0 Å². The molecule has 0 saturated carbocycles. The number of hydrogen-bond acceptors (Lipinski definition) is 4. The highest BCUT2D eigenvalue weighted by Gasteiger charge is 2.27. The van der Waals surface area contributed by atoms with Crippen LogP contribution in [0.4, 0.5) is 10.5 Å². The third-order valence-electron chi connectivity index (χ3n) is 4.10. The van der Waals surface area contributed by atoms with Crippen LogP contribution in [0, 0.1) is 0 Å². The zero-order valence-corrected chi connectivity index (χ0v) is 16.0. The third kappa shape index (κ3) is 4.36. The van der Waals surface area contributed by atoms with Crippen molar-refractivity contribution in [1.29, 1.82) is 0 Å². The molecule has 7 heteroatoms. The van der Waals surface area contributed by atoms with Crippen LogP contribution in [0.5, 0.6) is 11.5 Å². The second-order valence-electron chi connectivity index (χ2n) is 7.43. The Morgan fingerprint density at radius 1 is 1.15 bits per heavy atom. The van der Waals surface area contributed by atoms with Crippen molar-refractivity contribution in [3.05, 3.63) is 47.8 Å². The Balaban J connectivity index is 1.76. The van der Waals surface area contributed by atoms with Gasteiger partial charge in [0, 0.05) is 37.1 Å². The van der Waals surface area contributed by atoms with Crippen molar-refractivity contribution in [1.82, 2.24) is 15.6 Å². The number of anilines is 1. The first-order valence-corrected chi connectivity index (χ1v) is 8.85. The molecule has 3 amide bonds. The molecule has 0 spiro atoms. The number of nitrogens with one attached hydrogen (secondary N) is 2. The number of nitrogens with zero attached hydrogens (tertiary/aromatic N) is 2. The number of urea groups is 1. The highest BCUT2D eigenvalue weighted by atomic mass is 16.5. The molecule has 0 unspecified atom stereocenters. The van der Waals surface area contributed by atoms with Crippen LogP contribution in [0.3, 0.4) is 0 Å². The first kappa shape index (κ1) is 18.7. The fourth-order valence-electron chi connectivity index (χ4n) is 2.90. The largest absolute Gasteiger partial charge is 0.457 e. The molecule has 2 aromatic rings. The number of benzene rings is 1. The molecule has 1 aromatic carbocycles. The van der Waals surface area contributed by atoms with Crippen molar-refractivity contribution < 1.29 is 14.3 Å². The van der Waals surface area contributed by atoms with E-state index in [0.717, 1.165) is 17.7 Å².